The molecule has 1 aliphatic rings. The number of nitrogens with two attached hydrogens (primary N) is 1. The van der Waals surface area contributed by atoms with Crippen LogP contribution in [0.3, 0.4) is 0 Å². The highest BCUT2D eigenvalue weighted by atomic mass is 19.1. The van der Waals surface area contributed by atoms with Crippen molar-refractivity contribution in [2.24, 2.45) is 5.73 Å². The van der Waals surface area contributed by atoms with Gasteiger partial charge in [-0.05, 0) is 37.1 Å². The van der Waals surface area contributed by atoms with Gasteiger partial charge in [0.05, 0.1) is 34.3 Å². The number of hydrogen-bond acceptors (Lipinski definition) is 6. The number of para-hydroxylation sites is 1. The predicted octanol–water partition coefficient (Wildman–Crippen LogP) is 4.64. The summed E-state index contributed by atoms with van der Waals surface area (Å²) in [4.78, 5) is 15.2. The van der Waals surface area contributed by atoms with E-state index in [4.69, 9.17) is 5.73 Å². The molecule has 5 rings (SSSR count). The van der Waals surface area contributed by atoms with E-state index in [0.29, 0.717) is 11.2 Å². The lowest BCUT2D eigenvalue weighted by molar-refractivity contribution is 0.506. The van der Waals surface area contributed by atoms with Gasteiger partial charge < -0.3 is 16.0 Å². The summed E-state index contributed by atoms with van der Waals surface area (Å²) in [5, 5.41) is 4.16. The van der Waals surface area contributed by atoms with E-state index in [-0.39, 0.29) is 17.4 Å². The number of nitrogens with zero attached hydrogens (tertiary/aromatic N) is 4. The van der Waals surface area contributed by atoms with Crippen LogP contribution in [0.15, 0.2) is 61.1 Å². The molecule has 162 valence electrons. The quantitative estimate of drug-likeness (QED) is 0.489. The normalized spacial score (nSPS) is 16.3. The van der Waals surface area contributed by atoms with Crippen LogP contribution >= 0.6 is 0 Å². The Balaban J connectivity index is 1.56. The number of anilines is 3. The third-order valence-corrected chi connectivity index (χ3v) is 5.66. The summed E-state index contributed by atoms with van der Waals surface area (Å²) >= 11 is 0. The third-order valence-electron chi connectivity index (χ3n) is 5.66. The summed E-state index contributed by atoms with van der Waals surface area (Å²) in [6, 6.07) is 11.4. The van der Waals surface area contributed by atoms with Gasteiger partial charge >= 0.3 is 0 Å². The largest absolute Gasteiger partial charge is 0.368 e. The van der Waals surface area contributed by atoms with E-state index in [1.807, 2.05) is 24.3 Å². The summed E-state index contributed by atoms with van der Waals surface area (Å²) in [7, 11) is 0. The molecule has 8 heteroatoms. The van der Waals surface area contributed by atoms with Crippen LogP contribution in [0.25, 0.3) is 22.3 Å². The first-order valence-electron chi connectivity index (χ1n) is 10.5. The Morgan fingerprint density at radius 3 is 2.62 bits per heavy atom. The molecule has 0 radical (unpaired) electrons. The van der Waals surface area contributed by atoms with Gasteiger partial charge in [0.2, 0.25) is 0 Å². The topological polar surface area (TPSA) is 80.0 Å². The highest BCUT2D eigenvalue weighted by Crippen LogP contribution is 2.33. The van der Waals surface area contributed by atoms with E-state index in [1.165, 1.54) is 18.2 Å². The maximum atomic E-state index is 14.3. The first-order valence-corrected chi connectivity index (χ1v) is 10.5. The van der Waals surface area contributed by atoms with Crippen LogP contribution in [0, 0.1) is 11.6 Å². The van der Waals surface area contributed by atoms with Crippen LogP contribution < -0.4 is 16.0 Å². The number of pyridine rings is 1. The summed E-state index contributed by atoms with van der Waals surface area (Å²) in [5.74, 6) is -1.41. The van der Waals surface area contributed by atoms with Gasteiger partial charge in [0.25, 0.3) is 0 Å². The van der Waals surface area contributed by atoms with Gasteiger partial charge in [-0.2, -0.15) is 0 Å². The highest BCUT2D eigenvalue weighted by molar-refractivity contribution is 5.93. The Hall–Kier alpha value is -3.65. The molecule has 0 saturated carbocycles. The molecule has 1 atom stereocenters. The maximum absolute atomic E-state index is 14.3. The molecule has 1 fully saturated rings. The van der Waals surface area contributed by atoms with Gasteiger partial charge in [-0.25, -0.2) is 18.7 Å². The average molecular weight is 432 g/mol. The van der Waals surface area contributed by atoms with Crippen molar-refractivity contribution in [3.8, 4) is 11.4 Å². The number of rotatable bonds is 4. The number of halogens is 2. The number of benzene rings is 2. The Morgan fingerprint density at radius 2 is 1.81 bits per heavy atom. The minimum atomic E-state index is -0.703. The molecule has 2 aromatic heterocycles. The zero-order chi connectivity index (χ0) is 22.1. The van der Waals surface area contributed by atoms with Crippen molar-refractivity contribution in [1.29, 1.82) is 0 Å². The van der Waals surface area contributed by atoms with Crippen LogP contribution in [0.4, 0.5) is 25.8 Å². The van der Waals surface area contributed by atoms with E-state index in [1.54, 1.807) is 18.6 Å². The van der Waals surface area contributed by atoms with Crippen molar-refractivity contribution in [1.82, 2.24) is 15.0 Å². The number of aromatic nitrogens is 3. The van der Waals surface area contributed by atoms with Gasteiger partial charge in [0, 0.05) is 36.9 Å². The Morgan fingerprint density at radius 1 is 1.00 bits per heavy atom. The molecule has 0 aliphatic carbocycles. The lowest BCUT2D eigenvalue weighted by atomic mass is 10.1. The molecule has 0 amide bonds. The Bertz CT molecular complexity index is 1260. The zero-order valence-corrected chi connectivity index (χ0v) is 17.3. The van der Waals surface area contributed by atoms with Crippen molar-refractivity contribution in [3.63, 3.8) is 0 Å². The fourth-order valence-electron chi connectivity index (χ4n) is 4.12. The third kappa shape index (κ3) is 3.85. The van der Waals surface area contributed by atoms with E-state index >= 15 is 0 Å². The first kappa shape index (κ1) is 20.3. The minimum Gasteiger partial charge on any atom is -0.368 e. The van der Waals surface area contributed by atoms with Crippen molar-refractivity contribution in [2.45, 2.75) is 18.9 Å². The fraction of sp³-hybridized carbons (Fsp3) is 0.208. The standard InChI is InChI=1S/C24H22F2N6/c25-17-6-2-7-18(26)22(17)24-29-12-15-4-1-8-19(23(15)31-24)30-20-13-28-10-9-21(20)32-11-3-5-16(27)14-32/h1-2,4,6-10,12-13,16,30H,3,5,11,14,27H2/t16-/m0/s1. The Kier molecular flexibility index (Phi) is 5.36. The van der Waals surface area contributed by atoms with Crippen LogP contribution in [0.1, 0.15) is 12.8 Å². The maximum Gasteiger partial charge on any atom is 0.165 e. The lowest BCUT2D eigenvalue weighted by Crippen LogP contribution is -2.43. The smallest absolute Gasteiger partial charge is 0.165 e. The molecule has 0 bridgehead atoms. The summed E-state index contributed by atoms with van der Waals surface area (Å²) in [6.07, 6.45) is 7.13. The second-order valence-electron chi connectivity index (χ2n) is 7.90. The average Bonchev–Trinajstić information content (AvgIpc) is 2.80. The van der Waals surface area contributed by atoms with Crippen LogP contribution in [0.5, 0.6) is 0 Å². The zero-order valence-electron chi connectivity index (χ0n) is 17.3. The summed E-state index contributed by atoms with van der Waals surface area (Å²) < 4.78 is 28.6. The molecule has 1 aliphatic heterocycles. The summed E-state index contributed by atoms with van der Waals surface area (Å²) in [6.45, 7) is 1.69. The first-order chi connectivity index (χ1) is 15.6. The SMILES string of the molecule is N[C@H]1CCCN(c2ccncc2Nc2cccc3cnc(-c4c(F)cccc4F)nc23)C1. The van der Waals surface area contributed by atoms with E-state index in [0.717, 1.165) is 42.7 Å². The van der Waals surface area contributed by atoms with E-state index in [2.05, 4.69) is 25.2 Å². The minimum absolute atomic E-state index is 0.00392. The van der Waals surface area contributed by atoms with Gasteiger partial charge in [0.15, 0.2) is 5.82 Å². The fourth-order valence-corrected chi connectivity index (χ4v) is 4.12. The molecule has 3 heterocycles. The monoisotopic (exact) mass is 432 g/mol. The molecule has 32 heavy (non-hydrogen) atoms. The van der Waals surface area contributed by atoms with Crippen molar-refractivity contribution in [2.75, 3.05) is 23.3 Å². The second kappa shape index (κ2) is 8.47. The van der Waals surface area contributed by atoms with E-state index in [9.17, 15) is 8.78 Å². The number of fused-ring (bicyclic) bond motifs is 1. The Labute approximate surface area is 184 Å². The van der Waals surface area contributed by atoms with Gasteiger partial charge in [0.1, 0.15) is 11.6 Å². The molecular weight excluding hydrogens is 410 g/mol. The molecular formula is C24H22F2N6. The molecule has 4 aromatic rings. The van der Waals surface area contributed by atoms with Crippen LogP contribution in [-0.4, -0.2) is 34.1 Å². The molecule has 0 unspecified atom stereocenters. The van der Waals surface area contributed by atoms with Crippen LogP contribution in [-0.2, 0) is 0 Å². The second-order valence-corrected chi connectivity index (χ2v) is 7.90. The molecule has 0 spiro atoms. The molecule has 1 saturated heterocycles. The van der Waals surface area contributed by atoms with Gasteiger partial charge in [-0.1, -0.05) is 18.2 Å². The highest BCUT2D eigenvalue weighted by Gasteiger charge is 2.20. The van der Waals surface area contributed by atoms with Crippen molar-refractivity contribution in [3.05, 3.63) is 72.7 Å². The van der Waals surface area contributed by atoms with Gasteiger partial charge in [-0.3, -0.25) is 4.98 Å². The van der Waals surface area contributed by atoms with Crippen LogP contribution in [0.2, 0.25) is 0 Å². The number of hydrogen-bond donors (Lipinski definition) is 2. The lowest BCUT2D eigenvalue weighted by Gasteiger charge is -2.33. The predicted molar refractivity (Wildman–Crippen MR) is 122 cm³/mol. The molecule has 3 N–H and O–H groups in total. The number of nitrogens with one attached hydrogen (secondary N) is 1. The molecule has 6 nitrogen and oxygen atoms in total. The summed E-state index contributed by atoms with van der Waals surface area (Å²) in [5.41, 5.74) is 9.00. The van der Waals surface area contributed by atoms with E-state index < -0.39 is 11.6 Å². The molecule has 2 aromatic carbocycles. The van der Waals surface area contributed by atoms with Gasteiger partial charge in [-0.15, -0.1) is 0 Å². The number of piperidine rings is 1. The van der Waals surface area contributed by atoms with Crippen molar-refractivity contribution < 1.29 is 8.78 Å². The van der Waals surface area contributed by atoms with Crippen molar-refractivity contribution >= 4 is 28.0 Å².